The van der Waals surface area contributed by atoms with Crippen molar-refractivity contribution >= 4 is 11.4 Å². The third-order valence-electron chi connectivity index (χ3n) is 3.37. The second-order valence-electron chi connectivity index (χ2n) is 4.63. The molecular formula is C16H22N2O2. The van der Waals surface area contributed by atoms with Crippen LogP contribution in [0.3, 0.4) is 0 Å². The SMILES string of the molecule is CCN(CC)c1ccc(NCC(O)c2ccco2)cc1. The van der Waals surface area contributed by atoms with Gasteiger partial charge >= 0.3 is 0 Å². The van der Waals surface area contributed by atoms with Crippen LogP contribution in [-0.2, 0) is 0 Å². The summed E-state index contributed by atoms with van der Waals surface area (Å²) in [6.45, 7) is 6.73. The Morgan fingerprint density at radius 3 is 2.40 bits per heavy atom. The van der Waals surface area contributed by atoms with E-state index in [-0.39, 0.29) is 0 Å². The first-order valence-electron chi connectivity index (χ1n) is 7.05. The van der Waals surface area contributed by atoms with Gasteiger partial charge in [0.15, 0.2) is 0 Å². The minimum atomic E-state index is -0.632. The zero-order chi connectivity index (χ0) is 14.4. The number of nitrogens with one attached hydrogen (secondary N) is 1. The van der Waals surface area contributed by atoms with E-state index in [0.717, 1.165) is 18.8 Å². The molecule has 4 nitrogen and oxygen atoms in total. The molecule has 1 aromatic heterocycles. The third kappa shape index (κ3) is 3.54. The fourth-order valence-electron chi connectivity index (χ4n) is 2.17. The van der Waals surface area contributed by atoms with E-state index in [0.29, 0.717) is 12.3 Å². The number of hydrogen-bond acceptors (Lipinski definition) is 4. The normalized spacial score (nSPS) is 12.2. The molecular weight excluding hydrogens is 252 g/mol. The summed E-state index contributed by atoms with van der Waals surface area (Å²) in [5.74, 6) is 0.581. The maximum Gasteiger partial charge on any atom is 0.134 e. The molecule has 0 saturated carbocycles. The largest absolute Gasteiger partial charge is 0.467 e. The van der Waals surface area contributed by atoms with Crippen molar-refractivity contribution in [3.8, 4) is 0 Å². The van der Waals surface area contributed by atoms with Crippen LogP contribution in [-0.4, -0.2) is 24.7 Å². The van der Waals surface area contributed by atoms with Crippen molar-refractivity contribution in [3.05, 3.63) is 48.4 Å². The second-order valence-corrected chi connectivity index (χ2v) is 4.63. The van der Waals surface area contributed by atoms with Crippen molar-refractivity contribution in [1.82, 2.24) is 0 Å². The number of anilines is 2. The Hall–Kier alpha value is -1.94. The molecule has 1 atom stereocenters. The lowest BCUT2D eigenvalue weighted by atomic mass is 10.2. The summed E-state index contributed by atoms with van der Waals surface area (Å²) < 4.78 is 5.17. The summed E-state index contributed by atoms with van der Waals surface area (Å²) in [5.41, 5.74) is 2.21. The third-order valence-corrected chi connectivity index (χ3v) is 3.37. The Balaban J connectivity index is 1.91. The highest BCUT2D eigenvalue weighted by atomic mass is 16.4. The van der Waals surface area contributed by atoms with Gasteiger partial charge < -0.3 is 19.7 Å². The predicted molar refractivity (Wildman–Crippen MR) is 82.2 cm³/mol. The van der Waals surface area contributed by atoms with Crippen LogP contribution in [0, 0.1) is 0 Å². The number of furan rings is 1. The van der Waals surface area contributed by atoms with Gasteiger partial charge in [-0.2, -0.15) is 0 Å². The molecule has 2 rings (SSSR count). The van der Waals surface area contributed by atoms with Crippen LogP contribution in [0.5, 0.6) is 0 Å². The number of benzene rings is 1. The summed E-state index contributed by atoms with van der Waals surface area (Å²) in [6.07, 6.45) is 0.935. The highest BCUT2D eigenvalue weighted by Crippen LogP contribution is 2.19. The fraction of sp³-hybridized carbons (Fsp3) is 0.375. The lowest BCUT2D eigenvalue weighted by Gasteiger charge is -2.21. The molecule has 0 aliphatic rings. The zero-order valence-electron chi connectivity index (χ0n) is 12.0. The van der Waals surface area contributed by atoms with Crippen LogP contribution in [0.2, 0.25) is 0 Å². The summed E-state index contributed by atoms with van der Waals surface area (Å²) in [6, 6.07) is 11.8. The zero-order valence-corrected chi connectivity index (χ0v) is 12.0. The summed E-state index contributed by atoms with van der Waals surface area (Å²) in [7, 11) is 0. The van der Waals surface area contributed by atoms with E-state index in [1.54, 1.807) is 18.4 Å². The molecule has 1 unspecified atom stereocenters. The standard InChI is InChI=1S/C16H22N2O2/c1-3-18(4-2)14-9-7-13(8-10-14)17-12-15(19)16-6-5-11-20-16/h5-11,15,17,19H,3-4,12H2,1-2H3. The Morgan fingerprint density at radius 1 is 1.15 bits per heavy atom. The van der Waals surface area contributed by atoms with Gasteiger partial charge in [-0.3, -0.25) is 0 Å². The Bertz CT molecular complexity index is 490. The van der Waals surface area contributed by atoms with Crippen molar-refractivity contribution < 1.29 is 9.52 Å². The van der Waals surface area contributed by atoms with E-state index < -0.39 is 6.10 Å². The number of nitrogens with zero attached hydrogens (tertiary/aromatic N) is 1. The predicted octanol–water partition coefficient (Wildman–Crippen LogP) is 3.27. The summed E-state index contributed by atoms with van der Waals surface area (Å²) >= 11 is 0. The molecule has 1 aromatic carbocycles. The van der Waals surface area contributed by atoms with E-state index in [1.165, 1.54) is 5.69 Å². The molecule has 0 spiro atoms. The minimum absolute atomic E-state index is 0.429. The van der Waals surface area contributed by atoms with Gasteiger partial charge in [-0.25, -0.2) is 0 Å². The first-order valence-corrected chi connectivity index (χ1v) is 7.05. The summed E-state index contributed by atoms with van der Waals surface area (Å²) in [5, 5.41) is 13.1. The molecule has 20 heavy (non-hydrogen) atoms. The monoisotopic (exact) mass is 274 g/mol. The molecule has 0 radical (unpaired) electrons. The quantitative estimate of drug-likeness (QED) is 0.813. The molecule has 0 aliphatic carbocycles. The van der Waals surface area contributed by atoms with Crippen LogP contribution in [0.25, 0.3) is 0 Å². The molecule has 0 bridgehead atoms. The molecule has 2 aromatic rings. The molecule has 0 amide bonds. The van der Waals surface area contributed by atoms with Crippen LogP contribution in [0.1, 0.15) is 25.7 Å². The summed E-state index contributed by atoms with van der Waals surface area (Å²) in [4.78, 5) is 2.29. The van der Waals surface area contributed by atoms with Crippen molar-refractivity contribution in [2.45, 2.75) is 20.0 Å². The molecule has 0 fully saturated rings. The average molecular weight is 274 g/mol. The Kier molecular flexibility index (Phi) is 5.07. The molecule has 1 heterocycles. The van der Waals surface area contributed by atoms with Gasteiger partial charge in [0.2, 0.25) is 0 Å². The van der Waals surface area contributed by atoms with Crippen LogP contribution < -0.4 is 10.2 Å². The lowest BCUT2D eigenvalue weighted by Crippen LogP contribution is -2.21. The first kappa shape index (κ1) is 14.5. The van der Waals surface area contributed by atoms with E-state index in [4.69, 9.17) is 4.42 Å². The van der Waals surface area contributed by atoms with Gasteiger partial charge in [0.05, 0.1) is 6.26 Å². The second kappa shape index (κ2) is 7.01. The molecule has 0 saturated heterocycles. The number of hydrogen-bond donors (Lipinski definition) is 2. The minimum Gasteiger partial charge on any atom is -0.467 e. The van der Waals surface area contributed by atoms with Crippen LogP contribution in [0.15, 0.2) is 47.1 Å². The molecule has 4 heteroatoms. The van der Waals surface area contributed by atoms with Crippen molar-refractivity contribution in [1.29, 1.82) is 0 Å². The maximum absolute atomic E-state index is 9.93. The Morgan fingerprint density at radius 2 is 1.85 bits per heavy atom. The van der Waals surface area contributed by atoms with E-state index in [9.17, 15) is 5.11 Å². The highest BCUT2D eigenvalue weighted by Gasteiger charge is 2.09. The first-order chi connectivity index (χ1) is 9.74. The smallest absolute Gasteiger partial charge is 0.134 e. The molecule has 108 valence electrons. The van der Waals surface area contributed by atoms with Gasteiger partial charge in [-0.15, -0.1) is 0 Å². The Labute approximate surface area is 120 Å². The van der Waals surface area contributed by atoms with Crippen molar-refractivity contribution in [3.63, 3.8) is 0 Å². The average Bonchev–Trinajstić information content (AvgIpc) is 3.01. The lowest BCUT2D eigenvalue weighted by molar-refractivity contribution is 0.162. The topological polar surface area (TPSA) is 48.6 Å². The van der Waals surface area contributed by atoms with E-state index in [2.05, 4.69) is 36.2 Å². The van der Waals surface area contributed by atoms with Gasteiger partial charge in [-0.1, -0.05) is 0 Å². The van der Waals surface area contributed by atoms with E-state index >= 15 is 0 Å². The van der Waals surface area contributed by atoms with Crippen LogP contribution >= 0.6 is 0 Å². The van der Waals surface area contributed by atoms with Crippen LogP contribution in [0.4, 0.5) is 11.4 Å². The number of rotatable bonds is 7. The number of aliphatic hydroxyl groups excluding tert-OH is 1. The van der Waals surface area contributed by atoms with Gasteiger partial charge in [0.25, 0.3) is 0 Å². The molecule has 2 N–H and O–H groups in total. The highest BCUT2D eigenvalue weighted by molar-refractivity contribution is 5.55. The van der Waals surface area contributed by atoms with Crippen molar-refractivity contribution in [2.75, 3.05) is 29.9 Å². The van der Waals surface area contributed by atoms with Gasteiger partial charge in [0, 0.05) is 31.0 Å². The fourth-order valence-corrected chi connectivity index (χ4v) is 2.17. The van der Waals surface area contributed by atoms with Gasteiger partial charge in [0.1, 0.15) is 11.9 Å². The molecule has 0 aliphatic heterocycles. The van der Waals surface area contributed by atoms with Gasteiger partial charge in [-0.05, 0) is 50.2 Å². The number of aliphatic hydroxyl groups is 1. The van der Waals surface area contributed by atoms with Crippen molar-refractivity contribution in [2.24, 2.45) is 0 Å². The maximum atomic E-state index is 9.93. The van der Waals surface area contributed by atoms with E-state index in [1.807, 2.05) is 12.1 Å².